The zero-order valence-electron chi connectivity index (χ0n) is 16.2. The number of carbonyl (C=O) groups excluding carboxylic acids is 1. The molecule has 0 radical (unpaired) electrons. The van der Waals surface area contributed by atoms with E-state index in [1.807, 2.05) is 0 Å². The highest BCUT2D eigenvalue weighted by atomic mass is 32.2. The number of aryl methyl sites for hydroxylation is 1. The van der Waals surface area contributed by atoms with Crippen LogP contribution in [0.5, 0.6) is 0 Å². The highest BCUT2D eigenvalue weighted by Crippen LogP contribution is 2.23. The lowest BCUT2D eigenvalue weighted by molar-refractivity contribution is -0.122. The molecule has 0 spiro atoms. The molecule has 2 heterocycles. The highest BCUT2D eigenvalue weighted by Gasteiger charge is 2.39. The zero-order chi connectivity index (χ0) is 20.4. The van der Waals surface area contributed by atoms with Crippen molar-refractivity contribution in [1.29, 1.82) is 0 Å². The molecule has 9 heteroatoms. The lowest BCUT2D eigenvalue weighted by atomic mass is 10.0. The lowest BCUT2D eigenvalue weighted by Crippen LogP contribution is -2.47. The number of nitrogens with one attached hydrogen (secondary N) is 1. The monoisotopic (exact) mass is 428 g/mol. The second-order valence-corrected chi connectivity index (χ2v) is 12.2. The summed E-state index contributed by atoms with van der Waals surface area (Å²) in [6, 6.07) is 6.68. The van der Waals surface area contributed by atoms with E-state index in [0.717, 1.165) is 24.8 Å². The summed E-state index contributed by atoms with van der Waals surface area (Å²) in [6.45, 7) is 2.90. The third-order valence-electron chi connectivity index (χ3n) is 5.46. The Morgan fingerprint density at radius 2 is 1.79 bits per heavy atom. The molecule has 1 aromatic carbocycles. The number of piperidine rings is 1. The van der Waals surface area contributed by atoms with Gasteiger partial charge in [0, 0.05) is 19.5 Å². The van der Waals surface area contributed by atoms with Crippen molar-refractivity contribution < 1.29 is 21.6 Å². The molecule has 0 bridgehead atoms. The Balaban J connectivity index is 1.55. The summed E-state index contributed by atoms with van der Waals surface area (Å²) in [7, 11) is -6.52. The molecule has 1 atom stereocenters. The van der Waals surface area contributed by atoms with E-state index in [9.17, 15) is 21.6 Å². The molecular weight excluding hydrogens is 400 g/mol. The average molecular weight is 429 g/mol. The SMILES string of the molecule is CC1(NC(=O)CCc2ccc(S(=O)(=O)N3CCCCC3)cc2)CCS(=O)(=O)C1. The minimum Gasteiger partial charge on any atom is -0.350 e. The Morgan fingerprint density at radius 3 is 2.36 bits per heavy atom. The summed E-state index contributed by atoms with van der Waals surface area (Å²) in [6.07, 6.45) is 3.99. The maximum absolute atomic E-state index is 12.7. The van der Waals surface area contributed by atoms with Gasteiger partial charge in [-0.2, -0.15) is 4.31 Å². The molecule has 1 N–H and O–H groups in total. The quantitative estimate of drug-likeness (QED) is 0.740. The van der Waals surface area contributed by atoms with Gasteiger partial charge >= 0.3 is 0 Å². The molecule has 1 aromatic rings. The van der Waals surface area contributed by atoms with Crippen LogP contribution in [0.4, 0.5) is 0 Å². The second kappa shape index (κ2) is 8.12. The van der Waals surface area contributed by atoms with Crippen molar-refractivity contribution in [3.8, 4) is 0 Å². The van der Waals surface area contributed by atoms with Crippen LogP contribution in [0.15, 0.2) is 29.2 Å². The first kappa shape index (κ1) is 21.3. The Morgan fingerprint density at radius 1 is 1.14 bits per heavy atom. The number of hydrogen-bond donors (Lipinski definition) is 1. The van der Waals surface area contributed by atoms with Crippen LogP contribution in [0, 0.1) is 0 Å². The van der Waals surface area contributed by atoms with Gasteiger partial charge in [0.05, 0.1) is 21.9 Å². The normalized spacial score (nSPS) is 25.5. The fourth-order valence-electron chi connectivity index (χ4n) is 3.85. The largest absolute Gasteiger partial charge is 0.350 e. The number of sulfonamides is 1. The van der Waals surface area contributed by atoms with Crippen LogP contribution in [0.2, 0.25) is 0 Å². The second-order valence-electron chi connectivity index (χ2n) is 8.06. The Labute approximate surface area is 167 Å². The summed E-state index contributed by atoms with van der Waals surface area (Å²) in [4.78, 5) is 12.5. The maximum Gasteiger partial charge on any atom is 0.243 e. The molecule has 28 heavy (non-hydrogen) atoms. The van der Waals surface area contributed by atoms with E-state index in [2.05, 4.69) is 5.32 Å². The van der Waals surface area contributed by atoms with Gasteiger partial charge in [0.15, 0.2) is 9.84 Å². The van der Waals surface area contributed by atoms with Gasteiger partial charge in [-0.05, 0) is 50.3 Å². The molecule has 7 nitrogen and oxygen atoms in total. The number of amides is 1. The zero-order valence-corrected chi connectivity index (χ0v) is 17.8. The van der Waals surface area contributed by atoms with Gasteiger partial charge in [-0.15, -0.1) is 0 Å². The smallest absolute Gasteiger partial charge is 0.243 e. The van der Waals surface area contributed by atoms with Crippen LogP contribution >= 0.6 is 0 Å². The van der Waals surface area contributed by atoms with E-state index in [1.54, 1.807) is 31.2 Å². The molecule has 0 aliphatic carbocycles. The van der Waals surface area contributed by atoms with Crippen LogP contribution in [-0.2, 0) is 31.1 Å². The Bertz CT molecular complexity index is 920. The third-order valence-corrected chi connectivity index (χ3v) is 9.28. The standard InChI is InChI=1S/C19H28N2O5S2/c1-19(11-14-27(23,24)15-19)20-18(22)10-7-16-5-8-17(9-6-16)28(25,26)21-12-3-2-4-13-21/h5-6,8-9H,2-4,7,10-15H2,1H3,(H,20,22). The summed E-state index contributed by atoms with van der Waals surface area (Å²) in [5.74, 6) is -0.101. The number of rotatable bonds is 6. The highest BCUT2D eigenvalue weighted by molar-refractivity contribution is 7.91. The predicted molar refractivity (Wildman–Crippen MR) is 107 cm³/mol. The molecule has 2 saturated heterocycles. The summed E-state index contributed by atoms with van der Waals surface area (Å²) in [5.41, 5.74) is 0.180. The van der Waals surface area contributed by atoms with Crippen LogP contribution in [0.3, 0.4) is 0 Å². The predicted octanol–water partition coefficient (Wildman–Crippen LogP) is 1.49. The molecule has 2 fully saturated rings. The van der Waals surface area contributed by atoms with Crippen molar-refractivity contribution in [3.63, 3.8) is 0 Å². The molecule has 156 valence electrons. The fraction of sp³-hybridized carbons (Fsp3) is 0.632. The van der Waals surface area contributed by atoms with E-state index in [-0.39, 0.29) is 28.7 Å². The van der Waals surface area contributed by atoms with Gasteiger partial charge in [0.2, 0.25) is 15.9 Å². The number of nitrogens with zero attached hydrogens (tertiary/aromatic N) is 1. The van der Waals surface area contributed by atoms with Gasteiger partial charge < -0.3 is 5.32 Å². The summed E-state index contributed by atoms with van der Waals surface area (Å²) in [5, 5.41) is 2.84. The molecule has 2 aliphatic heterocycles. The van der Waals surface area contributed by atoms with Gasteiger partial charge in [-0.25, -0.2) is 16.8 Å². The van der Waals surface area contributed by atoms with E-state index in [4.69, 9.17) is 0 Å². The first-order chi connectivity index (χ1) is 13.1. The minimum atomic E-state index is -3.45. The van der Waals surface area contributed by atoms with Gasteiger partial charge in [0.25, 0.3) is 0 Å². The number of sulfone groups is 1. The van der Waals surface area contributed by atoms with E-state index in [1.165, 1.54) is 4.31 Å². The average Bonchev–Trinajstić information content (AvgIpc) is 2.93. The van der Waals surface area contributed by atoms with E-state index >= 15 is 0 Å². The number of carbonyl (C=O) groups is 1. The number of hydrogen-bond acceptors (Lipinski definition) is 5. The van der Waals surface area contributed by atoms with Gasteiger partial charge in [0.1, 0.15) is 0 Å². The van der Waals surface area contributed by atoms with Crippen molar-refractivity contribution in [2.75, 3.05) is 24.6 Å². The fourth-order valence-corrected chi connectivity index (χ4v) is 7.46. The first-order valence-corrected chi connectivity index (χ1v) is 13.0. The van der Waals surface area contributed by atoms with Crippen molar-refractivity contribution in [3.05, 3.63) is 29.8 Å². The van der Waals surface area contributed by atoms with E-state index in [0.29, 0.717) is 25.9 Å². The first-order valence-electron chi connectivity index (χ1n) is 9.70. The Hall–Kier alpha value is -1.45. The summed E-state index contributed by atoms with van der Waals surface area (Å²) >= 11 is 0. The van der Waals surface area contributed by atoms with Crippen molar-refractivity contribution >= 4 is 25.8 Å². The van der Waals surface area contributed by atoms with E-state index < -0.39 is 25.4 Å². The molecule has 0 aromatic heterocycles. The maximum atomic E-state index is 12.7. The topological polar surface area (TPSA) is 101 Å². The van der Waals surface area contributed by atoms with Crippen LogP contribution in [0.1, 0.15) is 44.6 Å². The molecular formula is C19H28N2O5S2. The van der Waals surface area contributed by atoms with Crippen LogP contribution < -0.4 is 5.32 Å². The lowest BCUT2D eigenvalue weighted by Gasteiger charge is -2.26. The van der Waals surface area contributed by atoms with Crippen LogP contribution in [0.25, 0.3) is 0 Å². The van der Waals surface area contributed by atoms with Gasteiger partial charge in [-0.1, -0.05) is 18.6 Å². The van der Waals surface area contributed by atoms with Crippen molar-refractivity contribution in [2.24, 2.45) is 0 Å². The molecule has 0 saturated carbocycles. The Kier molecular flexibility index (Phi) is 6.17. The molecule has 1 unspecified atom stereocenters. The van der Waals surface area contributed by atoms with Crippen molar-refractivity contribution in [2.45, 2.75) is 55.9 Å². The number of benzene rings is 1. The summed E-state index contributed by atoms with van der Waals surface area (Å²) < 4.78 is 50.1. The molecule has 2 aliphatic rings. The third kappa shape index (κ3) is 5.12. The van der Waals surface area contributed by atoms with Crippen molar-refractivity contribution in [1.82, 2.24) is 9.62 Å². The molecule has 1 amide bonds. The molecule has 3 rings (SSSR count). The minimum absolute atomic E-state index is 0.0191. The van der Waals surface area contributed by atoms with Crippen LogP contribution in [-0.4, -0.2) is 57.2 Å². The van der Waals surface area contributed by atoms with Gasteiger partial charge in [-0.3, -0.25) is 4.79 Å².